The molecular formula is C12H10F3NO. The molecule has 0 aromatic heterocycles. The number of benzene rings is 1. The van der Waals surface area contributed by atoms with Crippen LogP contribution in [0.1, 0.15) is 18.4 Å². The van der Waals surface area contributed by atoms with Gasteiger partial charge in [0.1, 0.15) is 6.54 Å². The van der Waals surface area contributed by atoms with Crippen LogP contribution in [0.2, 0.25) is 0 Å². The molecule has 0 N–H and O–H groups in total. The van der Waals surface area contributed by atoms with Crippen LogP contribution in [0.25, 0.3) is 0 Å². The van der Waals surface area contributed by atoms with Crippen molar-refractivity contribution < 1.29 is 18.0 Å². The van der Waals surface area contributed by atoms with Crippen molar-refractivity contribution >= 4 is 11.6 Å². The molecule has 90 valence electrons. The summed E-state index contributed by atoms with van der Waals surface area (Å²) in [5.41, 5.74) is 0.545. The molecule has 1 aromatic rings. The molecule has 2 nitrogen and oxygen atoms in total. The summed E-state index contributed by atoms with van der Waals surface area (Å²) >= 11 is 0. The monoisotopic (exact) mass is 241 g/mol. The summed E-state index contributed by atoms with van der Waals surface area (Å²) in [6.07, 6.45) is -3.03. The van der Waals surface area contributed by atoms with Crippen molar-refractivity contribution in [1.29, 1.82) is 0 Å². The average Bonchev–Trinajstić information content (AvgIpc) is 3.01. The molecule has 0 radical (unpaired) electrons. The van der Waals surface area contributed by atoms with E-state index in [-0.39, 0.29) is 0 Å². The molecule has 0 unspecified atom stereocenters. The maximum Gasteiger partial charge on any atom is 0.406 e. The summed E-state index contributed by atoms with van der Waals surface area (Å²) in [6, 6.07) is 6.78. The van der Waals surface area contributed by atoms with E-state index in [0.717, 1.165) is 10.5 Å². The number of anilines is 1. The quantitative estimate of drug-likeness (QED) is 0.740. The zero-order valence-electron chi connectivity index (χ0n) is 8.92. The SMILES string of the molecule is O=C1N(CC(F)(F)F)c2ccccc2C12CC2. The number of halogens is 3. The number of para-hydroxylation sites is 1. The lowest BCUT2D eigenvalue weighted by Gasteiger charge is -2.19. The Bertz CT molecular complexity index is 491. The highest BCUT2D eigenvalue weighted by atomic mass is 19.4. The van der Waals surface area contributed by atoms with Gasteiger partial charge in [-0.25, -0.2) is 0 Å². The van der Waals surface area contributed by atoms with E-state index in [2.05, 4.69) is 0 Å². The first-order valence-corrected chi connectivity index (χ1v) is 5.42. The standard InChI is InChI=1S/C12H10F3NO/c13-12(14,15)7-16-9-4-2-1-3-8(9)11(5-6-11)10(16)17/h1-4H,5-7H2. The average molecular weight is 241 g/mol. The molecule has 17 heavy (non-hydrogen) atoms. The summed E-state index contributed by atoms with van der Waals surface area (Å²) in [4.78, 5) is 12.9. The van der Waals surface area contributed by atoms with Crippen LogP contribution in [0.4, 0.5) is 18.9 Å². The molecule has 1 aliphatic carbocycles. The van der Waals surface area contributed by atoms with Crippen molar-refractivity contribution in [3.8, 4) is 0 Å². The van der Waals surface area contributed by atoms with Gasteiger partial charge in [-0.2, -0.15) is 13.2 Å². The number of nitrogens with zero attached hydrogens (tertiary/aromatic N) is 1. The summed E-state index contributed by atoms with van der Waals surface area (Å²) in [6.45, 7) is -1.19. The Morgan fingerprint density at radius 1 is 1.24 bits per heavy atom. The molecule has 1 saturated carbocycles. The summed E-state index contributed by atoms with van der Waals surface area (Å²) in [7, 11) is 0. The van der Waals surface area contributed by atoms with Crippen molar-refractivity contribution in [2.75, 3.05) is 11.4 Å². The second-order valence-electron chi connectivity index (χ2n) is 4.61. The minimum absolute atomic E-state index is 0.393. The summed E-state index contributed by atoms with van der Waals surface area (Å²) in [5, 5.41) is 0. The number of fused-ring (bicyclic) bond motifs is 2. The zero-order chi connectivity index (χ0) is 12.3. The molecule has 0 bridgehead atoms. The minimum atomic E-state index is -4.36. The Balaban J connectivity index is 2.04. The third-order valence-corrected chi connectivity index (χ3v) is 3.45. The molecule has 5 heteroatoms. The predicted molar refractivity (Wildman–Crippen MR) is 55.8 cm³/mol. The van der Waals surface area contributed by atoms with Gasteiger partial charge in [0.2, 0.25) is 5.91 Å². The van der Waals surface area contributed by atoms with Gasteiger partial charge < -0.3 is 4.90 Å². The van der Waals surface area contributed by atoms with E-state index in [0.29, 0.717) is 18.5 Å². The highest BCUT2D eigenvalue weighted by Crippen LogP contribution is 2.57. The second-order valence-corrected chi connectivity index (χ2v) is 4.61. The minimum Gasteiger partial charge on any atom is -0.302 e. The fourth-order valence-corrected chi connectivity index (χ4v) is 2.54. The smallest absolute Gasteiger partial charge is 0.302 e. The first kappa shape index (κ1) is 10.6. The maximum atomic E-state index is 12.5. The van der Waals surface area contributed by atoms with E-state index in [1.807, 2.05) is 0 Å². The Labute approximate surface area is 96.0 Å². The van der Waals surface area contributed by atoms with Crippen molar-refractivity contribution in [3.05, 3.63) is 29.8 Å². The molecule has 1 amide bonds. The van der Waals surface area contributed by atoms with Crippen LogP contribution < -0.4 is 4.90 Å². The van der Waals surface area contributed by atoms with Gasteiger partial charge in [0.15, 0.2) is 0 Å². The van der Waals surface area contributed by atoms with Gasteiger partial charge in [0, 0.05) is 5.69 Å². The van der Waals surface area contributed by atoms with E-state index >= 15 is 0 Å². The lowest BCUT2D eigenvalue weighted by atomic mass is 9.98. The maximum absolute atomic E-state index is 12.5. The first-order chi connectivity index (χ1) is 7.94. The second kappa shape index (κ2) is 3.03. The molecule has 1 heterocycles. The van der Waals surface area contributed by atoms with Gasteiger partial charge in [-0.15, -0.1) is 0 Å². The number of hydrogen-bond donors (Lipinski definition) is 0. The molecule has 1 aliphatic heterocycles. The fourth-order valence-electron chi connectivity index (χ4n) is 2.54. The Hall–Kier alpha value is -1.52. The van der Waals surface area contributed by atoms with Gasteiger partial charge in [-0.05, 0) is 24.5 Å². The van der Waals surface area contributed by atoms with Gasteiger partial charge in [0.25, 0.3) is 0 Å². The number of alkyl halides is 3. The van der Waals surface area contributed by atoms with E-state index in [1.165, 1.54) is 0 Å². The fraction of sp³-hybridized carbons (Fsp3) is 0.417. The zero-order valence-corrected chi connectivity index (χ0v) is 8.92. The lowest BCUT2D eigenvalue weighted by molar-refractivity contribution is -0.132. The molecule has 1 aromatic carbocycles. The largest absolute Gasteiger partial charge is 0.406 e. The predicted octanol–water partition coefficient (Wildman–Crippen LogP) is 2.63. The normalized spacial score (nSPS) is 20.9. The van der Waals surface area contributed by atoms with E-state index in [4.69, 9.17) is 0 Å². The molecule has 0 atom stereocenters. The van der Waals surface area contributed by atoms with Gasteiger partial charge in [0.05, 0.1) is 5.41 Å². The van der Waals surface area contributed by atoms with Crippen LogP contribution in [0.3, 0.4) is 0 Å². The molecule has 3 rings (SSSR count). The van der Waals surface area contributed by atoms with Crippen LogP contribution in [-0.2, 0) is 10.2 Å². The third-order valence-electron chi connectivity index (χ3n) is 3.45. The van der Waals surface area contributed by atoms with Crippen molar-refractivity contribution in [3.63, 3.8) is 0 Å². The van der Waals surface area contributed by atoms with E-state index < -0.39 is 24.0 Å². The molecule has 1 spiro atoms. The van der Waals surface area contributed by atoms with Crippen LogP contribution in [-0.4, -0.2) is 18.6 Å². The molecular weight excluding hydrogens is 231 g/mol. The highest BCUT2D eigenvalue weighted by molar-refractivity contribution is 6.10. The number of carbonyl (C=O) groups excluding carboxylic acids is 1. The summed E-state index contributed by atoms with van der Waals surface area (Å²) in [5.74, 6) is -0.393. The van der Waals surface area contributed by atoms with Crippen molar-refractivity contribution in [1.82, 2.24) is 0 Å². The molecule has 0 saturated heterocycles. The van der Waals surface area contributed by atoms with Crippen LogP contribution >= 0.6 is 0 Å². The third kappa shape index (κ3) is 1.45. The van der Waals surface area contributed by atoms with Gasteiger partial charge in [-0.3, -0.25) is 4.79 Å². The van der Waals surface area contributed by atoms with Crippen LogP contribution in [0, 0.1) is 0 Å². The van der Waals surface area contributed by atoms with E-state index in [9.17, 15) is 18.0 Å². The number of amides is 1. The van der Waals surface area contributed by atoms with Crippen LogP contribution in [0.5, 0.6) is 0 Å². The van der Waals surface area contributed by atoms with Gasteiger partial charge >= 0.3 is 6.18 Å². The van der Waals surface area contributed by atoms with Crippen molar-refractivity contribution in [2.24, 2.45) is 0 Å². The first-order valence-electron chi connectivity index (χ1n) is 5.42. The van der Waals surface area contributed by atoms with E-state index in [1.54, 1.807) is 24.3 Å². The number of hydrogen-bond acceptors (Lipinski definition) is 1. The van der Waals surface area contributed by atoms with Crippen molar-refractivity contribution in [2.45, 2.75) is 24.4 Å². The summed E-state index contributed by atoms with van der Waals surface area (Å²) < 4.78 is 37.4. The number of carbonyl (C=O) groups is 1. The topological polar surface area (TPSA) is 20.3 Å². The number of rotatable bonds is 1. The lowest BCUT2D eigenvalue weighted by Crippen LogP contribution is -2.39. The molecule has 2 aliphatic rings. The Morgan fingerprint density at radius 3 is 2.47 bits per heavy atom. The molecule has 1 fully saturated rings. The Kier molecular flexibility index (Phi) is 1.89. The Morgan fingerprint density at radius 2 is 1.88 bits per heavy atom. The van der Waals surface area contributed by atoms with Crippen LogP contribution in [0.15, 0.2) is 24.3 Å². The highest BCUT2D eigenvalue weighted by Gasteiger charge is 2.60. The van der Waals surface area contributed by atoms with Gasteiger partial charge in [-0.1, -0.05) is 18.2 Å².